The predicted molar refractivity (Wildman–Crippen MR) is 59.5 cm³/mol. The molecule has 0 aliphatic heterocycles. The van der Waals surface area contributed by atoms with Crippen LogP contribution in [-0.4, -0.2) is 16.3 Å². The molecule has 1 rings (SSSR count). The van der Waals surface area contributed by atoms with Crippen molar-refractivity contribution in [1.82, 2.24) is 9.78 Å². The smallest absolute Gasteiger partial charge is 0.0640 e. The molecule has 0 aliphatic rings. The van der Waals surface area contributed by atoms with Crippen LogP contribution in [0.15, 0.2) is 6.07 Å². The molecule has 1 aromatic heterocycles. The molecule has 3 heteroatoms. The summed E-state index contributed by atoms with van der Waals surface area (Å²) in [5.41, 5.74) is 7.95. The molecule has 0 aromatic carbocycles. The molecule has 0 saturated carbocycles. The van der Waals surface area contributed by atoms with Crippen LogP contribution in [0.2, 0.25) is 0 Å². The van der Waals surface area contributed by atoms with Gasteiger partial charge >= 0.3 is 0 Å². The second-order valence-electron chi connectivity index (χ2n) is 4.29. The van der Waals surface area contributed by atoms with Gasteiger partial charge < -0.3 is 5.73 Å². The van der Waals surface area contributed by atoms with E-state index < -0.39 is 0 Å². The average Bonchev–Trinajstić information content (AvgIpc) is 2.49. The minimum absolute atomic E-state index is 0.430. The third-order valence-corrected chi connectivity index (χ3v) is 2.30. The fraction of sp³-hybridized carbons (Fsp3) is 0.727. The Hall–Kier alpha value is -0.830. The first kappa shape index (κ1) is 11.2. The molecule has 0 radical (unpaired) electrons. The molecular weight excluding hydrogens is 174 g/mol. The molecule has 0 aliphatic carbocycles. The van der Waals surface area contributed by atoms with Gasteiger partial charge in [-0.05, 0) is 32.4 Å². The summed E-state index contributed by atoms with van der Waals surface area (Å²) in [7, 11) is 0. The summed E-state index contributed by atoms with van der Waals surface area (Å²) in [4.78, 5) is 0. The minimum atomic E-state index is 0.430. The zero-order chi connectivity index (χ0) is 10.7. The van der Waals surface area contributed by atoms with E-state index in [0.717, 1.165) is 12.1 Å². The Labute approximate surface area is 86.3 Å². The highest BCUT2D eigenvalue weighted by atomic mass is 15.3. The maximum Gasteiger partial charge on any atom is 0.0640 e. The highest BCUT2D eigenvalue weighted by Crippen LogP contribution is 2.19. The van der Waals surface area contributed by atoms with Gasteiger partial charge in [-0.1, -0.05) is 13.8 Å². The Morgan fingerprint density at radius 2 is 2.00 bits per heavy atom. The van der Waals surface area contributed by atoms with E-state index in [1.165, 1.54) is 5.69 Å². The lowest BCUT2D eigenvalue weighted by molar-refractivity contribution is 0.493. The molecule has 80 valence electrons. The van der Waals surface area contributed by atoms with Crippen LogP contribution in [0.4, 0.5) is 0 Å². The molecule has 0 unspecified atom stereocenters. The molecule has 1 aromatic rings. The van der Waals surface area contributed by atoms with Gasteiger partial charge in [0.25, 0.3) is 0 Å². The summed E-state index contributed by atoms with van der Waals surface area (Å²) >= 11 is 0. The lowest BCUT2D eigenvalue weighted by Crippen LogP contribution is -2.09. The van der Waals surface area contributed by atoms with Crippen molar-refractivity contribution in [3.63, 3.8) is 0 Å². The zero-order valence-electron chi connectivity index (χ0n) is 9.62. The Balaban J connectivity index is 3.00. The van der Waals surface area contributed by atoms with Crippen LogP contribution < -0.4 is 5.73 Å². The number of nitrogens with two attached hydrogens (primary N) is 1. The van der Waals surface area contributed by atoms with Crippen molar-refractivity contribution in [3.05, 3.63) is 17.5 Å². The van der Waals surface area contributed by atoms with E-state index in [9.17, 15) is 0 Å². The van der Waals surface area contributed by atoms with E-state index in [0.29, 0.717) is 18.5 Å². The molecule has 14 heavy (non-hydrogen) atoms. The number of nitrogens with zero attached hydrogens (tertiary/aromatic N) is 2. The van der Waals surface area contributed by atoms with Gasteiger partial charge in [0.05, 0.1) is 5.69 Å². The third-order valence-electron chi connectivity index (χ3n) is 2.30. The topological polar surface area (TPSA) is 43.8 Å². The highest BCUT2D eigenvalue weighted by molar-refractivity contribution is 5.14. The SMILES string of the molecule is CC(C)c1cc(CCN)nn1C(C)C. The van der Waals surface area contributed by atoms with Gasteiger partial charge in [0.2, 0.25) is 0 Å². The molecule has 3 nitrogen and oxygen atoms in total. The van der Waals surface area contributed by atoms with Crippen LogP contribution in [0.3, 0.4) is 0 Å². The molecule has 1 heterocycles. The van der Waals surface area contributed by atoms with Gasteiger partial charge in [0.1, 0.15) is 0 Å². The summed E-state index contributed by atoms with van der Waals surface area (Å²) in [5, 5.41) is 4.56. The monoisotopic (exact) mass is 195 g/mol. The minimum Gasteiger partial charge on any atom is -0.330 e. The van der Waals surface area contributed by atoms with E-state index in [2.05, 4.69) is 43.5 Å². The van der Waals surface area contributed by atoms with Crippen LogP contribution in [0.1, 0.15) is 51.0 Å². The maximum absolute atomic E-state index is 5.52. The van der Waals surface area contributed by atoms with E-state index in [1.807, 2.05) is 0 Å². The Bertz CT molecular complexity index is 261. The van der Waals surface area contributed by atoms with E-state index >= 15 is 0 Å². The van der Waals surface area contributed by atoms with Gasteiger partial charge in [-0.15, -0.1) is 0 Å². The Kier molecular flexibility index (Phi) is 3.69. The average molecular weight is 195 g/mol. The Morgan fingerprint density at radius 3 is 2.36 bits per heavy atom. The fourth-order valence-electron chi connectivity index (χ4n) is 1.58. The largest absolute Gasteiger partial charge is 0.330 e. The van der Waals surface area contributed by atoms with Gasteiger partial charge in [-0.25, -0.2) is 0 Å². The number of aromatic nitrogens is 2. The van der Waals surface area contributed by atoms with Crippen molar-refractivity contribution in [2.24, 2.45) is 5.73 Å². The highest BCUT2D eigenvalue weighted by Gasteiger charge is 2.12. The predicted octanol–water partition coefficient (Wildman–Crippen LogP) is 2.09. The van der Waals surface area contributed by atoms with Crippen molar-refractivity contribution in [2.45, 2.75) is 46.1 Å². The molecule has 2 N–H and O–H groups in total. The van der Waals surface area contributed by atoms with Gasteiger partial charge in [0.15, 0.2) is 0 Å². The number of hydrogen-bond acceptors (Lipinski definition) is 2. The zero-order valence-corrected chi connectivity index (χ0v) is 9.62. The van der Waals surface area contributed by atoms with Gasteiger partial charge in [0, 0.05) is 18.2 Å². The summed E-state index contributed by atoms with van der Waals surface area (Å²) < 4.78 is 2.11. The third kappa shape index (κ3) is 2.35. The molecule has 0 saturated heterocycles. The van der Waals surface area contributed by atoms with Crippen LogP contribution in [0.5, 0.6) is 0 Å². The van der Waals surface area contributed by atoms with Crippen LogP contribution in [0, 0.1) is 0 Å². The lowest BCUT2D eigenvalue weighted by Gasteiger charge is -2.12. The quantitative estimate of drug-likeness (QED) is 0.799. The summed E-state index contributed by atoms with van der Waals surface area (Å²) in [6.45, 7) is 9.38. The van der Waals surface area contributed by atoms with Crippen LogP contribution in [-0.2, 0) is 6.42 Å². The van der Waals surface area contributed by atoms with Crippen LogP contribution >= 0.6 is 0 Å². The number of rotatable bonds is 4. The molecular formula is C11H21N3. The first-order valence-corrected chi connectivity index (χ1v) is 5.34. The summed E-state index contributed by atoms with van der Waals surface area (Å²) in [5.74, 6) is 0.524. The summed E-state index contributed by atoms with van der Waals surface area (Å²) in [6, 6.07) is 2.61. The Morgan fingerprint density at radius 1 is 1.36 bits per heavy atom. The number of hydrogen-bond donors (Lipinski definition) is 1. The van der Waals surface area contributed by atoms with E-state index in [1.54, 1.807) is 0 Å². The van der Waals surface area contributed by atoms with E-state index in [-0.39, 0.29) is 0 Å². The van der Waals surface area contributed by atoms with Crippen LogP contribution in [0.25, 0.3) is 0 Å². The molecule has 0 fully saturated rings. The second-order valence-corrected chi connectivity index (χ2v) is 4.29. The lowest BCUT2D eigenvalue weighted by atomic mass is 10.1. The van der Waals surface area contributed by atoms with Gasteiger partial charge in [-0.2, -0.15) is 5.10 Å². The normalized spacial score (nSPS) is 11.6. The van der Waals surface area contributed by atoms with E-state index in [4.69, 9.17) is 5.73 Å². The fourth-order valence-corrected chi connectivity index (χ4v) is 1.58. The molecule has 0 amide bonds. The first-order valence-electron chi connectivity index (χ1n) is 5.34. The molecule has 0 atom stereocenters. The maximum atomic E-state index is 5.52. The standard InChI is InChI=1S/C11H21N3/c1-8(2)11-7-10(5-6-12)13-14(11)9(3)4/h7-9H,5-6,12H2,1-4H3. The van der Waals surface area contributed by atoms with Crippen molar-refractivity contribution >= 4 is 0 Å². The second kappa shape index (κ2) is 4.60. The van der Waals surface area contributed by atoms with Crippen molar-refractivity contribution in [1.29, 1.82) is 0 Å². The van der Waals surface area contributed by atoms with Crippen molar-refractivity contribution in [2.75, 3.05) is 6.54 Å². The van der Waals surface area contributed by atoms with Crippen molar-refractivity contribution in [3.8, 4) is 0 Å². The molecule has 0 spiro atoms. The first-order chi connectivity index (χ1) is 6.56. The molecule has 0 bridgehead atoms. The van der Waals surface area contributed by atoms with Gasteiger partial charge in [-0.3, -0.25) is 4.68 Å². The summed E-state index contributed by atoms with van der Waals surface area (Å²) in [6.07, 6.45) is 0.874. The van der Waals surface area contributed by atoms with Crippen molar-refractivity contribution < 1.29 is 0 Å².